The van der Waals surface area contributed by atoms with Gasteiger partial charge in [0, 0.05) is 11.0 Å². The van der Waals surface area contributed by atoms with Crippen LogP contribution < -0.4 is 5.32 Å². The molecule has 0 saturated carbocycles. The fourth-order valence-corrected chi connectivity index (χ4v) is 2.82. The van der Waals surface area contributed by atoms with Gasteiger partial charge in [-0.15, -0.1) is 11.3 Å². The van der Waals surface area contributed by atoms with E-state index in [1.165, 1.54) is 0 Å². The van der Waals surface area contributed by atoms with Gasteiger partial charge in [0.1, 0.15) is 11.5 Å². The highest BCUT2D eigenvalue weighted by molar-refractivity contribution is 9.10. The van der Waals surface area contributed by atoms with Gasteiger partial charge < -0.3 is 5.32 Å². The van der Waals surface area contributed by atoms with E-state index in [9.17, 15) is 0 Å². The van der Waals surface area contributed by atoms with E-state index >= 15 is 0 Å². The molecule has 0 atom stereocenters. The highest BCUT2D eigenvalue weighted by atomic mass is 79.9. The summed E-state index contributed by atoms with van der Waals surface area (Å²) in [5, 5.41) is 5.27. The van der Waals surface area contributed by atoms with Crippen molar-refractivity contribution in [3.8, 4) is 10.6 Å². The molecule has 5 heteroatoms. The fourth-order valence-electron chi connectivity index (χ4n) is 1.29. The summed E-state index contributed by atoms with van der Waals surface area (Å²) in [6.45, 7) is 3.05. The minimum Gasteiger partial charge on any atom is -0.369 e. The molecule has 2 aromatic heterocycles. The first-order chi connectivity index (χ1) is 7.81. The molecule has 0 radical (unpaired) electrons. The van der Waals surface area contributed by atoms with Crippen molar-refractivity contribution in [3.63, 3.8) is 0 Å². The van der Waals surface area contributed by atoms with Crippen molar-refractivity contribution >= 4 is 33.1 Å². The van der Waals surface area contributed by atoms with Crippen molar-refractivity contribution in [3.05, 3.63) is 28.3 Å². The van der Waals surface area contributed by atoms with E-state index in [4.69, 9.17) is 0 Å². The first-order valence-electron chi connectivity index (χ1n) is 5.10. The SMILES string of the molecule is CCCNc1cncc(-c2sccc2Br)n1. The van der Waals surface area contributed by atoms with E-state index in [0.717, 1.165) is 33.8 Å². The number of hydrogen-bond acceptors (Lipinski definition) is 4. The second kappa shape index (κ2) is 5.41. The van der Waals surface area contributed by atoms with Crippen LogP contribution in [-0.4, -0.2) is 16.5 Å². The molecule has 0 unspecified atom stereocenters. The van der Waals surface area contributed by atoms with Crippen molar-refractivity contribution in [2.24, 2.45) is 0 Å². The summed E-state index contributed by atoms with van der Waals surface area (Å²) in [5.41, 5.74) is 0.906. The molecule has 3 nitrogen and oxygen atoms in total. The zero-order valence-corrected chi connectivity index (χ0v) is 11.3. The monoisotopic (exact) mass is 297 g/mol. The lowest BCUT2D eigenvalue weighted by Crippen LogP contribution is -2.02. The number of nitrogens with one attached hydrogen (secondary N) is 1. The Labute approximate surface area is 107 Å². The molecule has 1 N–H and O–H groups in total. The first-order valence-corrected chi connectivity index (χ1v) is 6.78. The number of halogens is 1. The highest BCUT2D eigenvalue weighted by Gasteiger charge is 2.07. The number of hydrogen-bond donors (Lipinski definition) is 1. The molecule has 2 rings (SSSR count). The summed E-state index contributed by atoms with van der Waals surface area (Å²) in [6.07, 6.45) is 4.61. The van der Waals surface area contributed by atoms with Gasteiger partial charge in [-0.05, 0) is 33.8 Å². The Kier molecular flexibility index (Phi) is 3.90. The van der Waals surface area contributed by atoms with Crippen LogP contribution in [0.25, 0.3) is 10.6 Å². The second-order valence-electron chi connectivity index (χ2n) is 3.31. The van der Waals surface area contributed by atoms with Crippen LogP contribution in [0.15, 0.2) is 28.3 Å². The first kappa shape index (κ1) is 11.5. The second-order valence-corrected chi connectivity index (χ2v) is 5.08. The van der Waals surface area contributed by atoms with Crippen LogP contribution in [0.2, 0.25) is 0 Å². The largest absolute Gasteiger partial charge is 0.369 e. The Bertz CT molecular complexity index is 470. The van der Waals surface area contributed by atoms with Gasteiger partial charge in [-0.2, -0.15) is 0 Å². The molecule has 0 aliphatic carbocycles. The predicted molar refractivity (Wildman–Crippen MR) is 71.8 cm³/mol. The average Bonchev–Trinajstić information content (AvgIpc) is 2.73. The molecule has 2 aromatic rings. The summed E-state index contributed by atoms with van der Waals surface area (Å²) in [4.78, 5) is 9.83. The van der Waals surface area contributed by atoms with E-state index in [1.807, 2.05) is 11.4 Å². The van der Waals surface area contributed by atoms with Crippen molar-refractivity contribution in [1.29, 1.82) is 0 Å². The number of rotatable bonds is 4. The Balaban J connectivity index is 2.26. The Morgan fingerprint density at radius 3 is 3.00 bits per heavy atom. The Hall–Kier alpha value is -0.940. The molecule has 0 aromatic carbocycles. The fraction of sp³-hybridized carbons (Fsp3) is 0.273. The molecule has 0 aliphatic heterocycles. The molecule has 16 heavy (non-hydrogen) atoms. The minimum absolute atomic E-state index is 0.833. The van der Waals surface area contributed by atoms with Crippen molar-refractivity contribution in [1.82, 2.24) is 9.97 Å². The molecule has 0 bridgehead atoms. The average molecular weight is 298 g/mol. The summed E-state index contributed by atoms with van der Waals surface area (Å²) in [7, 11) is 0. The predicted octanol–water partition coefficient (Wildman–Crippen LogP) is 3.79. The third-order valence-electron chi connectivity index (χ3n) is 2.04. The van der Waals surface area contributed by atoms with Crippen LogP contribution >= 0.6 is 27.3 Å². The summed E-state index contributed by atoms with van der Waals surface area (Å²) >= 11 is 5.16. The molecular formula is C11H12BrN3S. The quantitative estimate of drug-likeness (QED) is 0.933. The van der Waals surface area contributed by atoms with Crippen LogP contribution in [0.1, 0.15) is 13.3 Å². The van der Waals surface area contributed by atoms with Crippen LogP contribution in [0.4, 0.5) is 5.82 Å². The van der Waals surface area contributed by atoms with E-state index in [0.29, 0.717) is 0 Å². The van der Waals surface area contributed by atoms with E-state index < -0.39 is 0 Å². The summed E-state index contributed by atoms with van der Waals surface area (Å²) in [5.74, 6) is 0.833. The van der Waals surface area contributed by atoms with Gasteiger partial charge in [-0.25, -0.2) is 4.98 Å². The maximum Gasteiger partial charge on any atom is 0.145 e. The molecule has 0 fully saturated rings. The molecule has 0 aliphatic rings. The lowest BCUT2D eigenvalue weighted by molar-refractivity contribution is 0.965. The van der Waals surface area contributed by atoms with Gasteiger partial charge in [0.05, 0.1) is 17.3 Å². The van der Waals surface area contributed by atoms with Crippen LogP contribution in [0.3, 0.4) is 0 Å². The zero-order chi connectivity index (χ0) is 11.4. The molecule has 84 valence electrons. The van der Waals surface area contributed by atoms with Crippen LogP contribution in [0.5, 0.6) is 0 Å². The van der Waals surface area contributed by atoms with Gasteiger partial charge >= 0.3 is 0 Å². The number of nitrogens with zero attached hydrogens (tertiary/aromatic N) is 2. The Morgan fingerprint density at radius 1 is 1.44 bits per heavy atom. The van der Waals surface area contributed by atoms with E-state index in [2.05, 4.69) is 38.1 Å². The summed E-state index contributed by atoms with van der Waals surface area (Å²) < 4.78 is 1.07. The third-order valence-corrected chi connectivity index (χ3v) is 3.90. The normalized spacial score (nSPS) is 10.4. The summed E-state index contributed by atoms with van der Waals surface area (Å²) in [6, 6.07) is 2.02. The van der Waals surface area contributed by atoms with Crippen molar-refractivity contribution in [2.75, 3.05) is 11.9 Å². The third kappa shape index (κ3) is 2.59. The standard InChI is InChI=1S/C11H12BrN3S/c1-2-4-14-10-7-13-6-9(15-10)11-8(12)3-5-16-11/h3,5-7H,2,4H2,1H3,(H,14,15). The van der Waals surface area contributed by atoms with Gasteiger partial charge in [-0.1, -0.05) is 6.92 Å². The maximum absolute atomic E-state index is 4.52. The lowest BCUT2D eigenvalue weighted by Gasteiger charge is -2.04. The molecule has 0 spiro atoms. The molecule has 2 heterocycles. The Morgan fingerprint density at radius 2 is 2.31 bits per heavy atom. The molecule has 0 amide bonds. The zero-order valence-electron chi connectivity index (χ0n) is 8.90. The lowest BCUT2D eigenvalue weighted by atomic mass is 10.3. The topological polar surface area (TPSA) is 37.8 Å². The van der Waals surface area contributed by atoms with Gasteiger partial charge in [0.2, 0.25) is 0 Å². The molecular weight excluding hydrogens is 286 g/mol. The van der Waals surface area contributed by atoms with Gasteiger partial charge in [0.25, 0.3) is 0 Å². The van der Waals surface area contributed by atoms with Gasteiger partial charge in [-0.3, -0.25) is 4.98 Å². The minimum atomic E-state index is 0.833. The van der Waals surface area contributed by atoms with Crippen molar-refractivity contribution < 1.29 is 0 Å². The maximum atomic E-state index is 4.52. The number of thiophene rings is 1. The van der Waals surface area contributed by atoms with Crippen molar-refractivity contribution in [2.45, 2.75) is 13.3 Å². The smallest absolute Gasteiger partial charge is 0.145 e. The number of anilines is 1. The van der Waals surface area contributed by atoms with Crippen LogP contribution in [0, 0.1) is 0 Å². The van der Waals surface area contributed by atoms with E-state index in [1.54, 1.807) is 23.7 Å². The van der Waals surface area contributed by atoms with Crippen LogP contribution in [-0.2, 0) is 0 Å². The van der Waals surface area contributed by atoms with Gasteiger partial charge in [0.15, 0.2) is 0 Å². The molecule has 0 saturated heterocycles. The number of aromatic nitrogens is 2. The highest BCUT2D eigenvalue weighted by Crippen LogP contribution is 2.32. The van der Waals surface area contributed by atoms with E-state index in [-0.39, 0.29) is 0 Å².